The molecule has 1 rings (SSSR count). The van der Waals surface area contributed by atoms with Gasteiger partial charge in [-0.3, -0.25) is 4.79 Å². The van der Waals surface area contributed by atoms with Crippen LogP contribution in [0.15, 0.2) is 12.5 Å². The molecule has 0 saturated carbocycles. The lowest BCUT2D eigenvalue weighted by atomic mass is 9.92. The van der Waals surface area contributed by atoms with E-state index in [4.69, 9.17) is 5.73 Å². The highest BCUT2D eigenvalue weighted by atomic mass is 16.1. The summed E-state index contributed by atoms with van der Waals surface area (Å²) in [5.74, 6) is -0.297. The van der Waals surface area contributed by atoms with E-state index in [0.29, 0.717) is 12.6 Å². The molecule has 0 fully saturated rings. The third-order valence-electron chi connectivity index (χ3n) is 2.72. The molecule has 0 aliphatic carbocycles. The smallest absolute Gasteiger partial charge is 0.224 e. The molecule has 0 aliphatic rings. The molecule has 17 heavy (non-hydrogen) atoms. The Morgan fingerprint density at radius 3 is 2.76 bits per heavy atom. The molecule has 0 unspecified atom stereocenters. The highest BCUT2D eigenvalue weighted by molar-refractivity contribution is 5.79. The molecule has 0 atom stereocenters. The van der Waals surface area contributed by atoms with Crippen LogP contribution in [0.1, 0.15) is 33.4 Å². The first-order valence-corrected chi connectivity index (χ1v) is 5.85. The van der Waals surface area contributed by atoms with E-state index in [1.165, 1.54) is 0 Å². The maximum atomic E-state index is 11.3. The molecule has 5 heteroatoms. The highest BCUT2D eigenvalue weighted by Crippen LogP contribution is 2.18. The van der Waals surface area contributed by atoms with Gasteiger partial charge < -0.3 is 15.6 Å². The van der Waals surface area contributed by atoms with Gasteiger partial charge in [0, 0.05) is 25.3 Å². The average molecular weight is 238 g/mol. The van der Waals surface area contributed by atoms with Crippen LogP contribution in [0.3, 0.4) is 0 Å². The van der Waals surface area contributed by atoms with Crippen molar-refractivity contribution in [1.29, 1.82) is 0 Å². The van der Waals surface area contributed by atoms with Crippen LogP contribution < -0.4 is 11.1 Å². The summed E-state index contributed by atoms with van der Waals surface area (Å²) < 4.78 is 1.97. The third-order valence-corrected chi connectivity index (χ3v) is 2.72. The molecule has 1 aromatic rings. The van der Waals surface area contributed by atoms with Crippen LogP contribution in [0, 0.1) is 5.41 Å². The van der Waals surface area contributed by atoms with E-state index >= 15 is 0 Å². The zero-order valence-electron chi connectivity index (χ0n) is 11.0. The van der Waals surface area contributed by atoms with Crippen LogP contribution >= 0.6 is 0 Å². The number of amides is 1. The van der Waals surface area contributed by atoms with Gasteiger partial charge in [0.1, 0.15) is 0 Å². The van der Waals surface area contributed by atoms with Gasteiger partial charge in [-0.2, -0.15) is 0 Å². The van der Waals surface area contributed by atoms with Crippen LogP contribution in [-0.4, -0.2) is 21.5 Å². The van der Waals surface area contributed by atoms with E-state index in [1.54, 1.807) is 6.33 Å². The van der Waals surface area contributed by atoms with Gasteiger partial charge in [-0.05, 0) is 13.8 Å². The summed E-state index contributed by atoms with van der Waals surface area (Å²) in [6.07, 6.45) is 3.55. The third kappa shape index (κ3) is 3.85. The Morgan fingerprint density at radius 2 is 2.24 bits per heavy atom. The first-order valence-electron chi connectivity index (χ1n) is 5.85. The van der Waals surface area contributed by atoms with Crippen LogP contribution in [0.2, 0.25) is 0 Å². The summed E-state index contributed by atoms with van der Waals surface area (Å²) >= 11 is 0. The Morgan fingerprint density at radius 1 is 1.59 bits per heavy atom. The van der Waals surface area contributed by atoms with Crippen molar-refractivity contribution >= 4 is 5.91 Å². The molecule has 0 radical (unpaired) electrons. The highest BCUT2D eigenvalue weighted by Gasteiger charge is 2.26. The summed E-state index contributed by atoms with van der Waals surface area (Å²) in [5, 5.41) is 3.33. The SMILES string of the molecule is CC(C)NCc1cncn1CC(C)(C)C(N)=O. The maximum absolute atomic E-state index is 11.3. The number of nitrogens with one attached hydrogen (secondary N) is 1. The van der Waals surface area contributed by atoms with Crippen LogP contribution in [0.5, 0.6) is 0 Å². The molecule has 0 aliphatic heterocycles. The normalized spacial score (nSPS) is 12.1. The van der Waals surface area contributed by atoms with Crippen molar-refractivity contribution < 1.29 is 4.79 Å². The van der Waals surface area contributed by atoms with Crippen LogP contribution in [0.25, 0.3) is 0 Å². The van der Waals surface area contributed by atoms with Gasteiger partial charge in [-0.25, -0.2) is 4.98 Å². The van der Waals surface area contributed by atoms with Crippen molar-refractivity contribution in [3.63, 3.8) is 0 Å². The molecule has 1 aromatic heterocycles. The van der Waals surface area contributed by atoms with Gasteiger partial charge in [0.15, 0.2) is 0 Å². The van der Waals surface area contributed by atoms with Gasteiger partial charge in [0.2, 0.25) is 5.91 Å². The van der Waals surface area contributed by atoms with Crippen molar-refractivity contribution in [2.45, 2.75) is 46.8 Å². The van der Waals surface area contributed by atoms with E-state index in [2.05, 4.69) is 24.1 Å². The van der Waals surface area contributed by atoms with Crippen molar-refractivity contribution in [2.24, 2.45) is 11.1 Å². The van der Waals surface area contributed by atoms with E-state index in [1.807, 2.05) is 24.6 Å². The monoisotopic (exact) mass is 238 g/mol. The average Bonchev–Trinajstić information content (AvgIpc) is 2.61. The molecular weight excluding hydrogens is 216 g/mol. The van der Waals surface area contributed by atoms with Crippen molar-refractivity contribution in [2.75, 3.05) is 0 Å². The van der Waals surface area contributed by atoms with E-state index in [-0.39, 0.29) is 5.91 Å². The lowest BCUT2D eigenvalue weighted by Crippen LogP contribution is -2.36. The number of carbonyl (C=O) groups excluding carboxylic acids is 1. The fourth-order valence-electron chi connectivity index (χ4n) is 1.45. The number of hydrogen-bond donors (Lipinski definition) is 2. The van der Waals surface area contributed by atoms with Crippen molar-refractivity contribution in [3.8, 4) is 0 Å². The zero-order chi connectivity index (χ0) is 13.1. The fourth-order valence-corrected chi connectivity index (χ4v) is 1.45. The number of aromatic nitrogens is 2. The lowest BCUT2D eigenvalue weighted by Gasteiger charge is -2.22. The van der Waals surface area contributed by atoms with Gasteiger partial charge in [0.25, 0.3) is 0 Å². The molecule has 96 valence electrons. The number of nitrogens with zero attached hydrogens (tertiary/aromatic N) is 2. The summed E-state index contributed by atoms with van der Waals surface area (Å²) in [5.41, 5.74) is 5.87. The molecule has 1 amide bonds. The van der Waals surface area contributed by atoms with Gasteiger partial charge in [-0.1, -0.05) is 13.8 Å². The number of nitrogens with two attached hydrogens (primary N) is 1. The Kier molecular flexibility index (Phi) is 4.28. The first-order chi connectivity index (χ1) is 7.83. The Labute approximate surface area is 102 Å². The minimum atomic E-state index is -0.562. The standard InChI is InChI=1S/C12H22N4O/c1-9(2)15-6-10-5-14-8-16(10)7-12(3,4)11(13)17/h5,8-9,15H,6-7H2,1-4H3,(H2,13,17). The van der Waals surface area contributed by atoms with Crippen molar-refractivity contribution in [1.82, 2.24) is 14.9 Å². The quantitative estimate of drug-likeness (QED) is 0.773. The summed E-state index contributed by atoms with van der Waals surface area (Å²) in [7, 11) is 0. The molecule has 0 aromatic carbocycles. The largest absolute Gasteiger partial charge is 0.369 e. The topological polar surface area (TPSA) is 72.9 Å². The van der Waals surface area contributed by atoms with Gasteiger partial charge >= 0.3 is 0 Å². The van der Waals surface area contributed by atoms with E-state index < -0.39 is 5.41 Å². The Bertz CT molecular complexity index is 382. The van der Waals surface area contributed by atoms with E-state index in [0.717, 1.165) is 12.2 Å². The Balaban J connectivity index is 2.72. The first kappa shape index (κ1) is 13.7. The zero-order valence-corrected chi connectivity index (χ0v) is 11.0. The molecule has 0 bridgehead atoms. The van der Waals surface area contributed by atoms with Crippen LogP contribution in [0.4, 0.5) is 0 Å². The summed E-state index contributed by atoms with van der Waals surface area (Å²) in [4.78, 5) is 15.4. The van der Waals surface area contributed by atoms with Gasteiger partial charge in [-0.15, -0.1) is 0 Å². The molecule has 3 N–H and O–H groups in total. The minimum Gasteiger partial charge on any atom is -0.369 e. The summed E-state index contributed by atoms with van der Waals surface area (Å²) in [6, 6.07) is 0.419. The predicted octanol–water partition coefficient (Wildman–Crippen LogP) is 0.893. The number of carbonyl (C=O) groups is 1. The molecular formula is C12H22N4O. The van der Waals surface area contributed by atoms with Crippen molar-refractivity contribution in [3.05, 3.63) is 18.2 Å². The lowest BCUT2D eigenvalue weighted by molar-refractivity contribution is -0.126. The second kappa shape index (κ2) is 5.31. The second-order valence-electron chi connectivity index (χ2n) is 5.30. The predicted molar refractivity (Wildman–Crippen MR) is 67.2 cm³/mol. The number of hydrogen-bond acceptors (Lipinski definition) is 3. The second-order valence-corrected chi connectivity index (χ2v) is 5.30. The molecule has 0 saturated heterocycles. The molecule has 1 heterocycles. The van der Waals surface area contributed by atoms with E-state index in [9.17, 15) is 4.79 Å². The molecule has 5 nitrogen and oxygen atoms in total. The fraction of sp³-hybridized carbons (Fsp3) is 0.667. The summed E-state index contributed by atoms with van der Waals surface area (Å²) in [6.45, 7) is 9.16. The molecule has 0 spiro atoms. The number of rotatable bonds is 6. The Hall–Kier alpha value is -1.36. The minimum absolute atomic E-state index is 0.297. The maximum Gasteiger partial charge on any atom is 0.224 e. The van der Waals surface area contributed by atoms with Crippen LogP contribution in [-0.2, 0) is 17.9 Å². The number of primary amides is 1. The number of imidazole rings is 1. The van der Waals surface area contributed by atoms with Gasteiger partial charge in [0.05, 0.1) is 17.4 Å².